The summed E-state index contributed by atoms with van der Waals surface area (Å²) in [4.78, 5) is 29.2. The number of hydrogen-bond donors (Lipinski definition) is 4. The number of hydrogen-bond acceptors (Lipinski definition) is 6. The highest BCUT2D eigenvalue weighted by atomic mass is 16.6. The minimum absolute atomic E-state index is 0.0709. The molecule has 0 bridgehead atoms. The third-order valence-corrected chi connectivity index (χ3v) is 6.39. The number of anilines is 2. The van der Waals surface area contributed by atoms with Crippen LogP contribution in [0.1, 0.15) is 30.0 Å². The van der Waals surface area contributed by atoms with Gasteiger partial charge < -0.3 is 30.5 Å². The molecule has 2 aromatic carbocycles. The zero-order chi connectivity index (χ0) is 24.9. The van der Waals surface area contributed by atoms with Crippen molar-refractivity contribution in [2.24, 2.45) is 0 Å². The Labute approximate surface area is 208 Å². The van der Waals surface area contributed by atoms with E-state index in [4.69, 9.17) is 9.47 Å². The van der Waals surface area contributed by atoms with E-state index >= 15 is 0 Å². The Morgan fingerprint density at radius 3 is 2.58 bits per heavy atom. The molecule has 3 amide bonds. The second-order valence-corrected chi connectivity index (χ2v) is 8.90. The van der Waals surface area contributed by atoms with E-state index < -0.39 is 6.10 Å². The highest BCUT2D eigenvalue weighted by molar-refractivity contribution is 5.99. The number of aromatic nitrogens is 1. The van der Waals surface area contributed by atoms with Crippen LogP contribution in [0.5, 0.6) is 5.75 Å². The van der Waals surface area contributed by atoms with Crippen molar-refractivity contribution in [3.8, 4) is 5.75 Å². The van der Waals surface area contributed by atoms with E-state index in [1.165, 1.54) is 0 Å². The van der Waals surface area contributed by atoms with E-state index in [0.717, 1.165) is 11.3 Å². The molecule has 186 valence electrons. The summed E-state index contributed by atoms with van der Waals surface area (Å²) in [6.45, 7) is 0.125. The van der Waals surface area contributed by atoms with E-state index in [-0.39, 0.29) is 43.1 Å². The number of para-hydroxylation sites is 1. The number of pyridine rings is 1. The molecular formula is C27H28N4O5. The van der Waals surface area contributed by atoms with Crippen molar-refractivity contribution in [3.63, 3.8) is 0 Å². The van der Waals surface area contributed by atoms with Gasteiger partial charge in [0.2, 0.25) is 5.91 Å². The average Bonchev–Trinajstić information content (AvgIpc) is 3.26. The molecule has 1 fully saturated rings. The first-order chi connectivity index (χ1) is 17.6. The van der Waals surface area contributed by atoms with Gasteiger partial charge in [-0.1, -0.05) is 24.3 Å². The summed E-state index contributed by atoms with van der Waals surface area (Å²) >= 11 is 0. The maximum absolute atomic E-state index is 12.6. The first kappa shape index (κ1) is 23.8. The molecular weight excluding hydrogens is 460 g/mol. The van der Waals surface area contributed by atoms with Crippen molar-refractivity contribution >= 4 is 23.3 Å². The summed E-state index contributed by atoms with van der Waals surface area (Å²) in [5.41, 5.74) is 3.03. The van der Waals surface area contributed by atoms with Crippen molar-refractivity contribution in [2.75, 3.05) is 17.2 Å². The first-order valence-electron chi connectivity index (χ1n) is 12.0. The lowest BCUT2D eigenvalue weighted by Crippen LogP contribution is -2.47. The molecule has 5 rings (SSSR count). The Balaban J connectivity index is 1.24. The molecule has 0 aliphatic carbocycles. The van der Waals surface area contributed by atoms with E-state index in [1.807, 2.05) is 60.7 Å². The third-order valence-electron chi connectivity index (χ3n) is 6.39. The predicted octanol–water partition coefficient (Wildman–Crippen LogP) is 3.43. The minimum Gasteiger partial charge on any atom is -0.487 e. The number of nitrogens with one attached hydrogen (secondary N) is 3. The number of rotatable bonds is 7. The summed E-state index contributed by atoms with van der Waals surface area (Å²) in [7, 11) is 0. The SMILES string of the molecule is O=C(C[C@H]1C[C@@H]2c3cc(NC(=O)Nc4ccccc4)ccc3O[C@@H]2[C@@H](CO)O1)NCc1ccccn1. The molecule has 3 aromatic rings. The smallest absolute Gasteiger partial charge is 0.323 e. The number of urea groups is 1. The molecule has 36 heavy (non-hydrogen) atoms. The highest BCUT2D eigenvalue weighted by Crippen LogP contribution is 2.47. The Morgan fingerprint density at radius 1 is 1.00 bits per heavy atom. The van der Waals surface area contributed by atoms with Crippen molar-refractivity contribution in [1.29, 1.82) is 0 Å². The van der Waals surface area contributed by atoms with Crippen LogP contribution in [0.3, 0.4) is 0 Å². The van der Waals surface area contributed by atoms with E-state index in [2.05, 4.69) is 20.9 Å². The van der Waals surface area contributed by atoms with Crippen LogP contribution >= 0.6 is 0 Å². The molecule has 3 heterocycles. The lowest BCUT2D eigenvalue weighted by molar-refractivity contribution is -0.142. The zero-order valence-corrected chi connectivity index (χ0v) is 19.6. The third kappa shape index (κ3) is 5.48. The van der Waals surface area contributed by atoms with Crippen LogP contribution < -0.4 is 20.7 Å². The van der Waals surface area contributed by atoms with Gasteiger partial charge in [0.05, 0.1) is 31.4 Å². The fraction of sp³-hybridized carbons (Fsp3) is 0.296. The fourth-order valence-electron chi connectivity index (χ4n) is 4.75. The number of amides is 3. The zero-order valence-electron chi connectivity index (χ0n) is 19.6. The molecule has 0 saturated carbocycles. The normalized spacial score (nSPS) is 22.0. The van der Waals surface area contributed by atoms with Gasteiger partial charge in [-0.2, -0.15) is 0 Å². The van der Waals surface area contributed by atoms with Gasteiger partial charge >= 0.3 is 6.03 Å². The van der Waals surface area contributed by atoms with Crippen LogP contribution in [0.15, 0.2) is 72.9 Å². The Hall–Kier alpha value is -3.95. The largest absolute Gasteiger partial charge is 0.487 e. The summed E-state index contributed by atoms with van der Waals surface area (Å²) in [6, 6.07) is 19.9. The average molecular weight is 489 g/mol. The molecule has 2 aliphatic rings. The van der Waals surface area contributed by atoms with Crippen molar-refractivity contribution in [2.45, 2.75) is 43.6 Å². The molecule has 1 aromatic heterocycles. The number of fused-ring (bicyclic) bond motifs is 3. The molecule has 0 radical (unpaired) electrons. The summed E-state index contributed by atoms with van der Waals surface area (Å²) in [5.74, 6) is 0.479. The summed E-state index contributed by atoms with van der Waals surface area (Å²) in [6.07, 6.45) is 1.13. The minimum atomic E-state index is -0.553. The fourth-order valence-corrected chi connectivity index (χ4v) is 4.75. The Kier molecular flexibility index (Phi) is 7.11. The lowest BCUT2D eigenvalue weighted by Gasteiger charge is -2.37. The Morgan fingerprint density at radius 2 is 1.81 bits per heavy atom. The molecule has 4 atom stereocenters. The topological polar surface area (TPSA) is 122 Å². The number of benzene rings is 2. The van der Waals surface area contributed by atoms with Gasteiger partial charge in [-0.3, -0.25) is 9.78 Å². The molecule has 2 aliphatic heterocycles. The van der Waals surface area contributed by atoms with Crippen molar-refractivity contribution in [1.82, 2.24) is 10.3 Å². The highest BCUT2D eigenvalue weighted by Gasteiger charge is 2.46. The molecule has 0 unspecified atom stereocenters. The van der Waals surface area contributed by atoms with Gasteiger partial charge in [-0.25, -0.2) is 4.79 Å². The van der Waals surface area contributed by atoms with Crippen LogP contribution in [-0.2, 0) is 16.1 Å². The van der Waals surface area contributed by atoms with Crippen molar-refractivity contribution in [3.05, 3.63) is 84.2 Å². The van der Waals surface area contributed by atoms with Crippen LogP contribution in [0.25, 0.3) is 0 Å². The number of nitrogens with zero attached hydrogens (tertiary/aromatic N) is 1. The maximum atomic E-state index is 12.6. The molecule has 9 heteroatoms. The maximum Gasteiger partial charge on any atom is 0.323 e. The second kappa shape index (κ2) is 10.8. The van der Waals surface area contributed by atoms with E-state index in [9.17, 15) is 14.7 Å². The number of aliphatic hydroxyl groups is 1. The van der Waals surface area contributed by atoms with Crippen LogP contribution in [0.2, 0.25) is 0 Å². The van der Waals surface area contributed by atoms with Gasteiger partial charge in [0.1, 0.15) is 18.0 Å². The van der Waals surface area contributed by atoms with Gasteiger partial charge in [-0.05, 0) is 48.9 Å². The molecule has 0 spiro atoms. The van der Waals surface area contributed by atoms with E-state index in [0.29, 0.717) is 30.1 Å². The van der Waals surface area contributed by atoms with Gasteiger partial charge in [0.15, 0.2) is 0 Å². The van der Waals surface area contributed by atoms with Crippen LogP contribution in [-0.4, -0.2) is 46.9 Å². The lowest BCUT2D eigenvalue weighted by atomic mass is 9.84. The number of ether oxygens (including phenoxy) is 2. The number of aliphatic hydroxyl groups excluding tert-OH is 1. The molecule has 9 nitrogen and oxygen atoms in total. The Bertz CT molecular complexity index is 1210. The van der Waals surface area contributed by atoms with Gasteiger partial charge in [-0.15, -0.1) is 0 Å². The number of carbonyl (C=O) groups excluding carboxylic acids is 2. The summed E-state index contributed by atoms with van der Waals surface area (Å²) in [5, 5.41) is 18.5. The van der Waals surface area contributed by atoms with E-state index in [1.54, 1.807) is 12.3 Å². The standard InChI is InChI=1S/C27H28N4O5/c32-16-24-26-22(13-20(35-24)14-25(33)29-15-19-8-4-5-11-28-19)21-12-18(9-10-23(21)36-26)31-27(34)30-17-6-2-1-3-7-17/h1-12,20,22,24,26,32H,13-16H2,(H,29,33)(H2,30,31,34)/t20-,22-,24-,26+/m1/s1. The van der Waals surface area contributed by atoms with Crippen LogP contribution in [0, 0.1) is 0 Å². The van der Waals surface area contributed by atoms with Crippen LogP contribution in [0.4, 0.5) is 16.2 Å². The first-order valence-corrected chi connectivity index (χ1v) is 12.0. The number of carbonyl (C=O) groups is 2. The second-order valence-electron chi connectivity index (χ2n) is 8.90. The molecule has 1 saturated heterocycles. The predicted molar refractivity (Wildman–Crippen MR) is 134 cm³/mol. The van der Waals surface area contributed by atoms with Crippen molar-refractivity contribution < 1.29 is 24.2 Å². The monoisotopic (exact) mass is 488 g/mol. The quantitative estimate of drug-likeness (QED) is 0.404. The summed E-state index contributed by atoms with van der Waals surface area (Å²) < 4.78 is 12.1. The molecule has 4 N–H and O–H groups in total. The van der Waals surface area contributed by atoms with Gasteiger partial charge in [0.25, 0.3) is 0 Å². The van der Waals surface area contributed by atoms with Gasteiger partial charge in [0, 0.05) is 29.1 Å².